The summed E-state index contributed by atoms with van der Waals surface area (Å²) in [5, 5.41) is 5.70. The van der Waals surface area contributed by atoms with Gasteiger partial charge in [0.25, 0.3) is 11.8 Å². The van der Waals surface area contributed by atoms with E-state index in [4.69, 9.17) is 15.2 Å². The lowest BCUT2D eigenvalue weighted by Crippen LogP contribution is -2.42. The van der Waals surface area contributed by atoms with Gasteiger partial charge in [0.1, 0.15) is 30.3 Å². The van der Waals surface area contributed by atoms with Crippen LogP contribution in [-0.2, 0) is 28.0 Å². The van der Waals surface area contributed by atoms with Crippen LogP contribution in [-0.4, -0.2) is 48.4 Å². The van der Waals surface area contributed by atoms with E-state index in [0.29, 0.717) is 40.8 Å². The first-order chi connectivity index (χ1) is 15.8. The Kier molecular flexibility index (Phi) is 5.00. The van der Waals surface area contributed by atoms with Gasteiger partial charge in [-0.15, -0.1) is 11.3 Å². The normalized spacial score (nSPS) is 21.1. The summed E-state index contributed by atoms with van der Waals surface area (Å²) in [6.45, 7) is 1.91. The number of amides is 5. The molecule has 1 aliphatic carbocycles. The average Bonchev–Trinajstić information content (AvgIpc) is 3.42. The van der Waals surface area contributed by atoms with E-state index in [1.54, 1.807) is 25.1 Å². The number of fused-ring (bicyclic) bond motifs is 2. The van der Waals surface area contributed by atoms with Gasteiger partial charge in [-0.1, -0.05) is 6.07 Å². The summed E-state index contributed by atoms with van der Waals surface area (Å²) in [5.74, 6) is -0.709. The topological polar surface area (TPSA) is 140 Å². The molecule has 0 unspecified atom stereocenters. The monoisotopic (exact) mass is 470 g/mol. The van der Waals surface area contributed by atoms with Crippen molar-refractivity contribution in [1.82, 2.24) is 10.2 Å². The Hall–Kier alpha value is -3.60. The third-order valence-corrected chi connectivity index (χ3v) is 7.32. The molecule has 1 saturated heterocycles. The largest absolute Gasteiger partial charge is 0.486 e. The Labute approximate surface area is 193 Å². The first-order valence-corrected chi connectivity index (χ1v) is 11.4. The van der Waals surface area contributed by atoms with Crippen LogP contribution < -0.4 is 25.8 Å². The van der Waals surface area contributed by atoms with Gasteiger partial charge in [-0.05, 0) is 49.4 Å². The highest BCUT2D eigenvalue weighted by atomic mass is 32.1. The molecule has 4 N–H and O–H groups in total. The van der Waals surface area contributed by atoms with Crippen molar-refractivity contribution in [1.29, 1.82) is 0 Å². The van der Waals surface area contributed by atoms with Crippen molar-refractivity contribution in [3.8, 4) is 11.5 Å². The number of primary amides is 1. The number of anilines is 1. The van der Waals surface area contributed by atoms with Gasteiger partial charge in [-0.25, -0.2) is 4.79 Å². The van der Waals surface area contributed by atoms with Gasteiger partial charge < -0.3 is 25.8 Å². The van der Waals surface area contributed by atoms with Crippen LogP contribution in [0.4, 0.5) is 9.80 Å². The second-order valence-corrected chi connectivity index (χ2v) is 9.38. The molecule has 1 aromatic carbocycles. The number of urea groups is 1. The molecule has 3 heterocycles. The third-order valence-electron chi connectivity index (χ3n) is 6.12. The number of rotatable bonds is 5. The van der Waals surface area contributed by atoms with E-state index in [2.05, 4.69) is 10.6 Å². The number of hydrogen-bond donors (Lipinski definition) is 3. The highest BCUT2D eigenvalue weighted by Crippen LogP contribution is 2.39. The summed E-state index contributed by atoms with van der Waals surface area (Å²) >= 11 is 1.31. The molecule has 11 heteroatoms. The van der Waals surface area contributed by atoms with E-state index in [1.807, 2.05) is 0 Å². The molecule has 33 heavy (non-hydrogen) atoms. The summed E-state index contributed by atoms with van der Waals surface area (Å²) in [5.41, 5.74) is 5.88. The Morgan fingerprint density at radius 2 is 1.97 bits per heavy atom. The molecule has 0 bridgehead atoms. The Morgan fingerprint density at radius 1 is 1.21 bits per heavy atom. The van der Waals surface area contributed by atoms with Gasteiger partial charge in [0.05, 0.1) is 5.56 Å². The van der Waals surface area contributed by atoms with Gasteiger partial charge in [0.15, 0.2) is 11.5 Å². The summed E-state index contributed by atoms with van der Waals surface area (Å²) in [6, 6.07) is 4.34. The number of nitrogens with two attached hydrogens (primary N) is 1. The summed E-state index contributed by atoms with van der Waals surface area (Å²) in [6.07, 6.45) is 2.51. The molecule has 172 valence electrons. The molecule has 1 atom stereocenters. The van der Waals surface area contributed by atoms with Crippen LogP contribution in [0.5, 0.6) is 11.5 Å². The Morgan fingerprint density at radius 3 is 2.73 bits per heavy atom. The fraction of sp³-hybridized carbons (Fsp3) is 0.364. The van der Waals surface area contributed by atoms with Crippen LogP contribution in [0.25, 0.3) is 0 Å². The molecular weight excluding hydrogens is 448 g/mol. The molecule has 3 aliphatic rings. The quantitative estimate of drug-likeness (QED) is 0.566. The lowest BCUT2D eigenvalue weighted by atomic mass is 9.91. The summed E-state index contributed by atoms with van der Waals surface area (Å²) in [4.78, 5) is 52.4. The van der Waals surface area contributed by atoms with Gasteiger partial charge in [-0.2, -0.15) is 0 Å². The van der Waals surface area contributed by atoms with E-state index >= 15 is 0 Å². The molecule has 2 aliphatic heterocycles. The van der Waals surface area contributed by atoms with E-state index < -0.39 is 35.8 Å². The zero-order valence-electron chi connectivity index (χ0n) is 17.9. The minimum absolute atomic E-state index is 0.319. The zero-order chi connectivity index (χ0) is 23.3. The summed E-state index contributed by atoms with van der Waals surface area (Å²) in [7, 11) is 0. The molecule has 1 fully saturated rings. The standard InChI is InChI=1S/C22H22N4O6S/c1-22(11-5-6-13-14(9-11)32-8-7-31-13)20(29)26(21(30)25-22)10-16(27)24-19-17(18(23)28)12-3-2-4-15(12)33-19/h5-6,9H,2-4,7-8,10H2,1H3,(H2,23,28)(H,24,27)(H,25,30)/t22-/m1/s1. The van der Waals surface area contributed by atoms with Crippen LogP contribution in [0.15, 0.2) is 18.2 Å². The van der Waals surface area contributed by atoms with Crippen molar-refractivity contribution in [2.75, 3.05) is 25.1 Å². The van der Waals surface area contributed by atoms with Crippen molar-refractivity contribution >= 4 is 40.1 Å². The minimum Gasteiger partial charge on any atom is -0.486 e. The molecule has 10 nitrogen and oxygen atoms in total. The Balaban J connectivity index is 1.34. The highest BCUT2D eigenvalue weighted by Gasteiger charge is 2.50. The zero-order valence-corrected chi connectivity index (χ0v) is 18.7. The number of hydrogen-bond acceptors (Lipinski definition) is 7. The van der Waals surface area contributed by atoms with Gasteiger partial charge >= 0.3 is 6.03 Å². The molecule has 2 aromatic rings. The van der Waals surface area contributed by atoms with E-state index in [0.717, 1.165) is 34.6 Å². The highest BCUT2D eigenvalue weighted by molar-refractivity contribution is 7.17. The smallest absolute Gasteiger partial charge is 0.325 e. The number of carbonyl (C=O) groups excluding carboxylic acids is 4. The first-order valence-electron chi connectivity index (χ1n) is 10.6. The number of thiophene rings is 1. The second kappa shape index (κ2) is 7.77. The molecule has 0 radical (unpaired) electrons. The second-order valence-electron chi connectivity index (χ2n) is 8.28. The first kappa shape index (κ1) is 21.3. The fourth-order valence-electron chi connectivity index (χ4n) is 4.45. The van der Waals surface area contributed by atoms with Crippen molar-refractivity contribution in [3.05, 3.63) is 39.8 Å². The minimum atomic E-state index is -1.37. The molecular formula is C22H22N4O6S. The maximum Gasteiger partial charge on any atom is 0.325 e. The predicted octanol–water partition coefficient (Wildman–Crippen LogP) is 1.51. The van der Waals surface area contributed by atoms with Crippen LogP contribution in [0.1, 0.15) is 39.7 Å². The third kappa shape index (κ3) is 3.48. The SMILES string of the molecule is C[C@]1(c2ccc3c(c2)OCCO3)NC(=O)N(CC(=O)Nc2sc3c(c2C(N)=O)CCC3)C1=O. The van der Waals surface area contributed by atoms with Gasteiger partial charge in [0, 0.05) is 4.88 Å². The lowest BCUT2D eigenvalue weighted by molar-refractivity contribution is -0.133. The molecule has 5 amide bonds. The number of carbonyl (C=O) groups is 4. The van der Waals surface area contributed by atoms with Crippen LogP contribution in [0.2, 0.25) is 0 Å². The number of benzene rings is 1. The van der Waals surface area contributed by atoms with Crippen LogP contribution in [0.3, 0.4) is 0 Å². The van der Waals surface area contributed by atoms with Crippen molar-refractivity contribution < 1.29 is 28.7 Å². The van der Waals surface area contributed by atoms with Crippen molar-refractivity contribution in [2.24, 2.45) is 5.73 Å². The van der Waals surface area contributed by atoms with Gasteiger partial charge in [-0.3, -0.25) is 19.3 Å². The molecule has 0 spiro atoms. The maximum absolute atomic E-state index is 13.2. The van der Waals surface area contributed by atoms with Crippen LogP contribution >= 0.6 is 11.3 Å². The molecule has 1 aromatic heterocycles. The number of ether oxygens (including phenoxy) is 2. The van der Waals surface area contributed by atoms with E-state index in [-0.39, 0.29) is 0 Å². The van der Waals surface area contributed by atoms with Crippen LogP contribution in [0, 0.1) is 0 Å². The van der Waals surface area contributed by atoms with E-state index in [9.17, 15) is 19.2 Å². The lowest BCUT2D eigenvalue weighted by Gasteiger charge is -2.25. The predicted molar refractivity (Wildman–Crippen MR) is 119 cm³/mol. The number of aryl methyl sites for hydroxylation is 1. The van der Waals surface area contributed by atoms with Crippen molar-refractivity contribution in [3.63, 3.8) is 0 Å². The average molecular weight is 471 g/mol. The molecule has 0 saturated carbocycles. The van der Waals surface area contributed by atoms with E-state index in [1.165, 1.54) is 11.3 Å². The number of nitrogens with one attached hydrogen (secondary N) is 2. The number of imide groups is 1. The summed E-state index contributed by atoms with van der Waals surface area (Å²) < 4.78 is 11.1. The number of nitrogens with zero attached hydrogens (tertiary/aromatic N) is 1. The fourth-order valence-corrected chi connectivity index (χ4v) is 5.76. The van der Waals surface area contributed by atoms with Gasteiger partial charge in [0.2, 0.25) is 5.91 Å². The maximum atomic E-state index is 13.2. The Bertz CT molecular complexity index is 1210. The molecule has 5 rings (SSSR count). The van der Waals surface area contributed by atoms with Crippen molar-refractivity contribution in [2.45, 2.75) is 31.7 Å².